The molecule has 0 aliphatic carbocycles. The number of carbonyl (C=O) groups excluding carboxylic acids is 1. The van der Waals surface area contributed by atoms with Crippen LogP contribution < -0.4 is 10.6 Å². The summed E-state index contributed by atoms with van der Waals surface area (Å²) < 4.78 is 42.6. The average molecular weight is 458 g/mol. The summed E-state index contributed by atoms with van der Waals surface area (Å²) in [4.78, 5) is 16.2. The number of anilines is 1. The number of nitrogens with zero attached hydrogens (tertiary/aromatic N) is 3. The van der Waals surface area contributed by atoms with Crippen molar-refractivity contribution in [2.75, 3.05) is 18.4 Å². The van der Waals surface area contributed by atoms with Crippen LogP contribution in [0.15, 0.2) is 48.7 Å². The van der Waals surface area contributed by atoms with Crippen LogP contribution in [0.3, 0.4) is 0 Å². The summed E-state index contributed by atoms with van der Waals surface area (Å²) in [6.07, 6.45) is 0.348. The van der Waals surface area contributed by atoms with Gasteiger partial charge in [0.1, 0.15) is 17.5 Å². The molecular formula is C24H26F3N5O. The van der Waals surface area contributed by atoms with E-state index in [1.54, 1.807) is 26.0 Å². The Morgan fingerprint density at radius 2 is 1.91 bits per heavy atom. The summed E-state index contributed by atoms with van der Waals surface area (Å²) in [5.74, 6) is -0.999. The van der Waals surface area contributed by atoms with E-state index in [4.69, 9.17) is 0 Å². The molecule has 174 valence electrons. The number of rotatable bonds is 9. The van der Waals surface area contributed by atoms with Gasteiger partial charge in [0.15, 0.2) is 0 Å². The third-order valence-corrected chi connectivity index (χ3v) is 5.23. The molecule has 3 rings (SSSR count). The molecule has 0 spiro atoms. The Kier molecular flexibility index (Phi) is 7.63. The number of benzene rings is 1. The van der Waals surface area contributed by atoms with E-state index in [-0.39, 0.29) is 35.8 Å². The number of nitrogens with one attached hydrogen (secondary N) is 2. The van der Waals surface area contributed by atoms with Crippen LogP contribution in [-0.4, -0.2) is 40.3 Å². The van der Waals surface area contributed by atoms with E-state index in [1.165, 1.54) is 43.5 Å². The lowest BCUT2D eigenvalue weighted by Crippen LogP contribution is -2.35. The van der Waals surface area contributed by atoms with Crippen LogP contribution in [0, 0.1) is 11.6 Å². The Hall–Kier alpha value is -3.49. The highest BCUT2D eigenvalue weighted by Gasteiger charge is 2.33. The minimum Gasteiger partial charge on any atom is -0.368 e. The topological polar surface area (TPSA) is 79.8 Å². The van der Waals surface area contributed by atoms with Gasteiger partial charge in [-0.15, -0.1) is 10.2 Å². The molecule has 0 aliphatic heterocycles. The predicted octanol–water partition coefficient (Wildman–Crippen LogP) is 4.68. The second-order valence-electron chi connectivity index (χ2n) is 8.09. The first-order valence-corrected chi connectivity index (χ1v) is 10.6. The number of hydrogen-bond acceptors (Lipinski definition) is 5. The Balaban J connectivity index is 1.80. The molecule has 6 nitrogen and oxygen atoms in total. The zero-order valence-corrected chi connectivity index (χ0v) is 18.7. The van der Waals surface area contributed by atoms with Crippen molar-refractivity contribution < 1.29 is 18.0 Å². The Labute approximate surface area is 190 Å². The molecule has 0 radical (unpaired) electrons. The van der Waals surface area contributed by atoms with E-state index >= 15 is 0 Å². The van der Waals surface area contributed by atoms with Crippen molar-refractivity contribution in [3.63, 3.8) is 0 Å². The molecule has 33 heavy (non-hydrogen) atoms. The molecule has 2 N–H and O–H groups in total. The molecular weight excluding hydrogens is 431 g/mol. The van der Waals surface area contributed by atoms with Crippen LogP contribution >= 0.6 is 0 Å². The van der Waals surface area contributed by atoms with E-state index in [2.05, 4.69) is 25.8 Å². The fourth-order valence-corrected chi connectivity index (χ4v) is 3.68. The molecule has 9 heteroatoms. The molecule has 2 atom stereocenters. The SMILES string of the molecule is CCNC(=O)c1ccc(F)c(-c2ccc(NC[C@](C)(C[C@H](C)F)c3ncccc3F)nn2)c1. The molecule has 0 unspecified atom stereocenters. The molecule has 2 heterocycles. The van der Waals surface area contributed by atoms with Crippen molar-refractivity contribution in [3.8, 4) is 11.3 Å². The van der Waals surface area contributed by atoms with Crippen LogP contribution in [0.25, 0.3) is 11.3 Å². The summed E-state index contributed by atoms with van der Waals surface area (Å²) in [6, 6.07) is 9.95. The fraction of sp³-hybridized carbons (Fsp3) is 0.333. The van der Waals surface area contributed by atoms with Gasteiger partial charge in [-0.25, -0.2) is 13.2 Å². The van der Waals surface area contributed by atoms with E-state index in [9.17, 15) is 18.0 Å². The molecule has 0 aliphatic rings. The van der Waals surface area contributed by atoms with Gasteiger partial charge in [0, 0.05) is 35.8 Å². The van der Waals surface area contributed by atoms with E-state index < -0.39 is 23.2 Å². The minimum absolute atomic E-state index is 0.0529. The second-order valence-corrected chi connectivity index (χ2v) is 8.09. The second kappa shape index (κ2) is 10.4. The third kappa shape index (κ3) is 5.85. The molecule has 2 aromatic heterocycles. The van der Waals surface area contributed by atoms with Gasteiger partial charge in [-0.3, -0.25) is 9.78 Å². The van der Waals surface area contributed by atoms with Crippen molar-refractivity contribution in [3.05, 3.63) is 71.6 Å². The van der Waals surface area contributed by atoms with Crippen molar-refractivity contribution >= 4 is 11.7 Å². The van der Waals surface area contributed by atoms with Crippen LogP contribution in [0.2, 0.25) is 0 Å². The van der Waals surface area contributed by atoms with Gasteiger partial charge in [-0.2, -0.15) is 0 Å². The zero-order valence-electron chi connectivity index (χ0n) is 18.7. The maximum Gasteiger partial charge on any atom is 0.251 e. The van der Waals surface area contributed by atoms with Gasteiger partial charge in [0.05, 0.1) is 17.6 Å². The van der Waals surface area contributed by atoms with Crippen LogP contribution in [0.5, 0.6) is 0 Å². The largest absolute Gasteiger partial charge is 0.368 e. The zero-order chi connectivity index (χ0) is 24.0. The number of carbonyl (C=O) groups is 1. The maximum atomic E-state index is 14.4. The van der Waals surface area contributed by atoms with Crippen molar-refractivity contribution in [1.29, 1.82) is 0 Å². The number of hydrogen-bond donors (Lipinski definition) is 2. The van der Waals surface area contributed by atoms with Crippen LogP contribution in [-0.2, 0) is 5.41 Å². The summed E-state index contributed by atoms with van der Waals surface area (Å²) >= 11 is 0. The van der Waals surface area contributed by atoms with E-state index in [1.807, 2.05) is 0 Å². The summed E-state index contributed by atoms with van der Waals surface area (Å²) in [5, 5.41) is 13.8. The number of amides is 1. The standard InChI is InChI=1S/C24H26F3N5O/c1-4-28-23(33)16-7-8-18(26)17(12-16)20-9-10-21(32-31-20)30-14-24(3,13-15(2)25)22-19(27)6-5-11-29-22/h5-12,15H,4,13-14H2,1-3H3,(H,28,33)(H,30,32)/t15-,24-/m0/s1. The molecule has 0 fully saturated rings. The predicted molar refractivity (Wildman–Crippen MR) is 121 cm³/mol. The Bertz CT molecular complexity index is 1110. The molecule has 0 saturated carbocycles. The minimum atomic E-state index is -1.17. The smallest absolute Gasteiger partial charge is 0.251 e. The molecule has 1 aromatic carbocycles. The lowest BCUT2D eigenvalue weighted by atomic mass is 9.81. The van der Waals surface area contributed by atoms with Crippen LogP contribution in [0.4, 0.5) is 19.0 Å². The summed E-state index contributed by atoms with van der Waals surface area (Å²) in [5.41, 5.74) is -0.0708. The normalized spacial score (nSPS) is 13.8. The highest BCUT2D eigenvalue weighted by atomic mass is 19.1. The summed E-state index contributed by atoms with van der Waals surface area (Å²) in [6.45, 7) is 5.54. The van der Waals surface area contributed by atoms with E-state index in [0.29, 0.717) is 17.9 Å². The maximum absolute atomic E-state index is 14.4. The van der Waals surface area contributed by atoms with Crippen molar-refractivity contribution in [2.45, 2.75) is 38.8 Å². The first kappa shape index (κ1) is 24.2. The Morgan fingerprint density at radius 1 is 1.12 bits per heavy atom. The number of pyridine rings is 1. The van der Waals surface area contributed by atoms with Crippen molar-refractivity contribution in [2.24, 2.45) is 0 Å². The van der Waals surface area contributed by atoms with Gasteiger partial charge in [0.25, 0.3) is 5.91 Å². The van der Waals surface area contributed by atoms with Crippen molar-refractivity contribution in [1.82, 2.24) is 20.5 Å². The number of alkyl halides is 1. The Morgan fingerprint density at radius 3 is 2.55 bits per heavy atom. The van der Waals surface area contributed by atoms with Gasteiger partial charge < -0.3 is 10.6 Å². The fourth-order valence-electron chi connectivity index (χ4n) is 3.68. The third-order valence-electron chi connectivity index (χ3n) is 5.23. The van der Waals surface area contributed by atoms with Crippen LogP contribution in [0.1, 0.15) is 43.2 Å². The van der Waals surface area contributed by atoms with Gasteiger partial charge in [0.2, 0.25) is 0 Å². The molecule has 3 aromatic rings. The van der Waals surface area contributed by atoms with Gasteiger partial charge in [-0.1, -0.05) is 6.92 Å². The number of aromatic nitrogens is 3. The summed E-state index contributed by atoms with van der Waals surface area (Å²) in [7, 11) is 0. The van der Waals surface area contributed by atoms with E-state index in [0.717, 1.165) is 0 Å². The molecule has 0 bridgehead atoms. The number of halogens is 3. The van der Waals surface area contributed by atoms with Gasteiger partial charge in [-0.05, 0) is 62.7 Å². The molecule has 0 saturated heterocycles. The lowest BCUT2D eigenvalue weighted by Gasteiger charge is -2.30. The first-order chi connectivity index (χ1) is 15.7. The quantitative estimate of drug-likeness (QED) is 0.488. The molecule has 1 amide bonds. The monoisotopic (exact) mass is 457 g/mol. The van der Waals surface area contributed by atoms with Gasteiger partial charge >= 0.3 is 0 Å². The highest BCUT2D eigenvalue weighted by molar-refractivity contribution is 5.95. The average Bonchev–Trinajstić information content (AvgIpc) is 2.78. The lowest BCUT2D eigenvalue weighted by molar-refractivity contribution is 0.0956. The highest BCUT2D eigenvalue weighted by Crippen LogP contribution is 2.31. The first-order valence-electron chi connectivity index (χ1n) is 10.6.